The molecule has 2 aromatic rings. The number of anilines is 2. The van der Waals surface area contributed by atoms with E-state index < -0.39 is 0 Å². The summed E-state index contributed by atoms with van der Waals surface area (Å²) >= 11 is 0. The summed E-state index contributed by atoms with van der Waals surface area (Å²) in [7, 11) is 0. The Balaban J connectivity index is 2.03. The summed E-state index contributed by atoms with van der Waals surface area (Å²) < 4.78 is 1.34. The minimum absolute atomic E-state index is 0.00987. The summed E-state index contributed by atoms with van der Waals surface area (Å²) in [5.41, 5.74) is 6.62. The summed E-state index contributed by atoms with van der Waals surface area (Å²) in [6, 6.07) is 11.6. The molecule has 0 unspecified atom stereocenters. The minimum Gasteiger partial charge on any atom is -0.399 e. The standard InChI is InChI=1S/C13H13N3O2/c14-10-4-6-11(7-5-10)15-12(17)9-16-8-2-1-3-13(16)18/h1-8H,9,14H2,(H,15,17). The van der Waals surface area contributed by atoms with Crippen LogP contribution in [0.5, 0.6) is 0 Å². The Hall–Kier alpha value is -2.56. The van der Waals surface area contributed by atoms with E-state index in [1.165, 1.54) is 10.6 Å². The number of hydrogen-bond acceptors (Lipinski definition) is 3. The molecule has 2 rings (SSSR count). The summed E-state index contributed by atoms with van der Waals surface area (Å²) in [4.78, 5) is 23.1. The van der Waals surface area contributed by atoms with Gasteiger partial charge in [-0.15, -0.1) is 0 Å². The highest BCUT2D eigenvalue weighted by molar-refractivity contribution is 5.90. The largest absolute Gasteiger partial charge is 0.399 e. The van der Waals surface area contributed by atoms with Gasteiger partial charge in [0.15, 0.2) is 0 Å². The SMILES string of the molecule is Nc1ccc(NC(=O)Cn2ccccc2=O)cc1. The van der Waals surface area contributed by atoms with Gasteiger partial charge >= 0.3 is 0 Å². The number of aromatic nitrogens is 1. The second-order valence-corrected chi connectivity index (χ2v) is 3.84. The first kappa shape index (κ1) is 11.9. The van der Waals surface area contributed by atoms with Gasteiger partial charge < -0.3 is 15.6 Å². The smallest absolute Gasteiger partial charge is 0.250 e. The van der Waals surface area contributed by atoms with Crippen molar-refractivity contribution in [3.8, 4) is 0 Å². The predicted octanol–water partition coefficient (Wildman–Crippen LogP) is 1.07. The topological polar surface area (TPSA) is 77.1 Å². The van der Waals surface area contributed by atoms with E-state index in [-0.39, 0.29) is 18.0 Å². The van der Waals surface area contributed by atoms with Crippen LogP contribution in [0, 0.1) is 0 Å². The van der Waals surface area contributed by atoms with Crippen LogP contribution in [0.3, 0.4) is 0 Å². The number of benzene rings is 1. The number of rotatable bonds is 3. The molecule has 0 bridgehead atoms. The van der Waals surface area contributed by atoms with E-state index in [1.54, 1.807) is 42.6 Å². The Morgan fingerprint density at radius 2 is 1.89 bits per heavy atom. The van der Waals surface area contributed by atoms with Crippen molar-refractivity contribution < 1.29 is 4.79 Å². The van der Waals surface area contributed by atoms with Crippen molar-refractivity contribution in [2.75, 3.05) is 11.1 Å². The van der Waals surface area contributed by atoms with E-state index in [0.717, 1.165) is 0 Å². The van der Waals surface area contributed by atoms with Crippen LogP contribution in [0.25, 0.3) is 0 Å². The first-order chi connectivity index (χ1) is 8.65. The molecule has 0 spiro atoms. The van der Waals surface area contributed by atoms with Crippen molar-refractivity contribution in [3.63, 3.8) is 0 Å². The first-order valence-corrected chi connectivity index (χ1v) is 5.46. The molecule has 0 saturated heterocycles. The molecule has 1 amide bonds. The van der Waals surface area contributed by atoms with E-state index in [1.807, 2.05) is 0 Å². The molecular formula is C13H13N3O2. The highest BCUT2D eigenvalue weighted by Gasteiger charge is 2.04. The molecule has 0 fully saturated rings. The number of amides is 1. The van der Waals surface area contributed by atoms with Crippen LogP contribution < -0.4 is 16.6 Å². The fourth-order valence-corrected chi connectivity index (χ4v) is 1.51. The van der Waals surface area contributed by atoms with Gasteiger partial charge in [0.2, 0.25) is 5.91 Å². The maximum absolute atomic E-state index is 11.7. The van der Waals surface area contributed by atoms with Crippen LogP contribution in [-0.4, -0.2) is 10.5 Å². The van der Waals surface area contributed by atoms with Crippen molar-refractivity contribution >= 4 is 17.3 Å². The lowest BCUT2D eigenvalue weighted by atomic mass is 10.3. The average Bonchev–Trinajstić information content (AvgIpc) is 2.35. The van der Waals surface area contributed by atoms with Gasteiger partial charge in [-0.3, -0.25) is 9.59 Å². The number of carbonyl (C=O) groups excluding carboxylic acids is 1. The zero-order valence-electron chi connectivity index (χ0n) is 9.67. The minimum atomic E-state index is -0.256. The molecule has 0 atom stereocenters. The normalized spacial score (nSPS) is 10.0. The summed E-state index contributed by atoms with van der Waals surface area (Å²) in [5, 5.41) is 2.69. The third-order valence-electron chi connectivity index (χ3n) is 2.41. The second-order valence-electron chi connectivity index (χ2n) is 3.84. The Bertz CT molecular complexity index is 602. The van der Waals surface area contributed by atoms with Gasteiger partial charge in [-0.25, -0.2) is 0 Å². The van der Waals surface area contributed by atoms with Crippen molar-refractivity contribution in [2.24, 2.45) is 0 Å². The van der Waals surface area contributed by atoms with Crippen LogP contribution in [0.2, 0.25) is 0 Å². The quantitative estimate of drug-likeness (QED) is 0.791. The summed E-state index contributed by atoms with van der Waals surface area (Å²) in [5.74, 6) is -0.256. The zero-order chi connectivity index (χ0) is 13.0. The van der Waals surface area contributed by atoms with Gasteiger partial charge in [-0.1, -0.05) is 6.07 Å². The molecule has 3 N–H and O–H groups in total. The molecule has 0 saturated carbocycles. The molecule has 0 aliphatic rings. The second kappa shape index (κ2) is 5.18. The van der Waals surface area contributed by atoms with E-state index in [2.05, 4.69) is 5.32 Å². The molecule has 0 aliphatic heterocycles. The van der Waals surface area contributed by atoms with Gasteiger partial charge in [0.05, 0.1) is 0 Å². The van der Waals surface area contributed by atoms with E-state index >= 15 is 0 Å². The van der Waals surface area contributed by atoms with Gasteiger partial charge in [0.1, 0.15) is 6.54 Å². The molecule has 5 nitrogen and oxygen atoms in total. The number of hydrogen-bond donors (Lipinski definition) is 2. The van der Waals surface area contributed by atoms with Crippen LogP contribution >= 0.6 is 0 Å². The number of nitrogens with one attached hydrogen (secondary N) is 1. The van der Waals surface area contributed by atoms with E-state index in [9.17, 15) is 9.59 Å². The van der Waals surface area contributed by atoms with Crippen molar-refractivity contribution in [2.45, 2.75) is 6.54 Å². The monoisotopic (exact) mass is 243 g/mol. The molecule has 0 radical (unpaired) electrons. The molecular weight excluding hydrogens is 230 g/mol. The predicted molar refractivity (Wildman–Crippen MR) is 70.2 cm³/mol. The van der Waals surface area contributed by atoms with Crippen molar-refractivity contribution in [3.05, 3.63) is 59.0 Å². The first-order valence-electron chi connectivity index (χ1n) is 5.46. The fourth-order valence-electron chi connectivity index (χ4n) is 1.51. The van der Waals surface area contributed by atoms with Crippen molar-refractivity contribution in [1.82, 2.24) is 4.57 Å². The Morgan fingerprint density at radius 3 is 2.56 bits per heavy atom. The van der Waals surface area contributed by atoms with Crippen LogP contribution in [-0.2, 0) is 11.3 Å². The Kier molecular flexibility index (Phi) is 3.43. The van der Waals surface area contributed by atoms with Crippen LogP contribution in [0.4, 0.5) is 11.4 Å². The molecule has 1 heterocycles. The highest BCUT2D eigenvalue weighted by Crippen LogP contribution is 2.10. The van der Waals surface area contributed by atoms with E-state index in [0.29, 0.717) is 11.4 Å². The van der Waals surface area contributed by atoms with Crippen LogP contribution in [0.15, 0.2) is 53.5 Å². The molecule has 92 valence electrons. The molecule has 1 aromatic heterocycles. The molecule has 1 aromatic carbocycles. The van der Waals surface area contributed by atoms with Gasteiger partial charge in [-0.2, -0.15) is 0 Å². The third kappa shape index (κ3) is 2.98. The average molecular weight is 243 g/mol. The van der Waals surface area contributed by atoms with E-state index in [4.69, 9.17) is 5.73 Å². The molecule has 0 aliphatic carbocycles. The number of nitrogen functional groups attached to an aromatic ring is 1. The maximum atomic E-state index is 11.7. The number of pyridine rings is 1. The zero-order valence-corrected chi connectivity index (χ0v) is 9.67. The lowest BCUT2D eigenvalue weighted by Gasteiger charge is -2.07. The van der Waals surface area contributed by atoms with Crippen LogP contribution in [0.1, 0.15) is 0 Å². The van der Waals surface area contributed by atoms with Crippen molar-refractivity contribution in [1.29, 1.82) is 0 Å². The number of nitrogens with zero attached hydrogens (tertiary/aromatic N) is 1. The number of carbonyl (C=O) groups is 1. The summed E-state index contributed by atoms with van der Waals surface area (Å²) in [6.07, 6.45) is 1.57. The lowest BCUT2D eigenvalue weighted by molar-refractivity contribution is -0.116. The lowest BCUT2D eigenvalue weighted by Crippen LogP contribution is -2.26. The maximum Gasteiger partial charge on any atom is 0.250 e. The van der Waals surface area contributed by atoms with Gasteiger partial charge in [0, 0.05) is 23.6 Å². The molecule has 5 heteroatoms. The highest BCUT2D eigenvalue weighted by atomic mass is 16.2. The Labute approximate surface area is 104 Å². The number of nitrogens with two attached hydrogens (primary N) is 1. The summed E-state index contributed by atoms with van der Waals surface area (Å²) in [6.45, 7) is -0.00987. The Morgan fingerprint density at radius 1 is 1.17 bits per heavy atom. The fraction of sp³-hybridized carbons (Fsp3) is 0.0769. The van der Waals surface area contributed by atoms with Gasteiger partial charge in [-0.05, 0) is 30.3 Å². The molecule has 18 heavy (non-hydrogen) atoms. The third-order valence-corrected chi connectivity index (χ3v) is 2.41. The van der Waals surface area contributed by atoms with Gasteiger partial charge in [0.25, 0.3) is 5.56 Å².